The Morgan fingerprint density at radius 1 is 1.60 bits per heavy atom. The summed E-state index contributed by atoms with van der Waals surface area (Å²) in [6.45, 7) is 1.97. The van der Waals surface area contributed by atoms with E-state index in [9.17, 15) is 4.79 Å². The van der Waals surface area contributed by atoms with Gasteiger partial charge in [0.15, 0.2) is 5.49 Å². The van der Waals surface area contributed by atoms with Gasteiger partial charge in [0.05, 0.1) is 6.04 Å². The third-order valence-electron chi connectivity index (χ3n) is 2.56. The van der Waals surface area contributed by atoms with Gasteiger partial charge < -0.3 is 5.11 Å². The highest BCUT2D eigenvalue weighted by Crippen LogP contribution is 2.14. The van der Waals surface area contributed by atoms with Gasteiger partial charge in [-0.1, -0.05) is 0 Å². The van der Waals surface area contributed by atoms with E-state index in [2.05, 4.69) is 9.98 Å². The van der Waals surface area contributed by atoms with Crippen LogP contribution >= 0.6 is 0 Å². The number of hydrogen-bond donors (Lipinski definition) is 1. The van der Waals surface area contributed by atoms with Crippen LogP contribution in [0.2, 0.25) is 0 Å². The highest BCUT2D eigenvalue weighted by Gasteiger charge is 2.15. The molecule has 0 unspecified atom stereocenters. The second-order valence-corrected chi connectivity index (χ2v) is 3.60. The molecule has 0 aromatic carbocycles. The van der Waals surface area contributed by atoms with Gasteiger partial charge in [0.2, 0.25) is 0 Å². The quantitative estimate of drug-likeness (QED) is 0.760. The Morgan fingerprint density at radius 3 is 3.13 bits per heavy atom. The van der Waals surface area contributed by atoms with Gasteiger partial charge in [-0.2, -0.15) is 0 Å². The molecule has 78 valence electrons. The van der Waals surface area contributed by atoms with Crippen molar-refractivity contribution < 1.29 is 9.90 Å². The maximum Gasteiger partial charge on any atom is 0.303 e. The van der Waals surface area contributed by atoms with Crippen LogP contribution in [0.3, 0.4) is 0 Å². The molecule has 1 aliphatic rings. The second-order valence-electron chi connectivity index (χ2n) is 3.60. The van der Waals surface area contributed by atoms with E-state index < -0.39 is 5.97 Å². The number of hydrogen-bond acceptors (Lipinski definition) is 3. The van der Waals surface area contributed by atoms with Gasteiger partial charge in [-0.15, -0.1) is 0 Å². The summed E-state index contributed by atoms with van der Waals surface area (Å²) in [6.07, 6.45) is 2.41. The lowest BCUT2D eigenvalue weighted by atomic mass is 10.0. The monoisotopic (exact) mass is 204 g/mol. The minimum absolute atomic E-state index is 0.0641. The molecular formula is C11H12N2O2. The molecule has 4 heteroatoms. The van der Waals surface area contributed by atoms with E-state index in [-0.39, 0.29) is 12.5 Å². The molecule has 2 heterocycles. The van der Waals surface area contributed by atoms with E-state index in [4.69, 9.17) is 5.11 Å². The van der Waals surface area contributed by atoms with Crippen LogP contribution in [0.4, 0.5) is 0 Å². The predicted molar refractivity (Wildman–Crippen MR) is 54.8 cm³/mol. The zero-order chi connectivity index (χ0) is 10.8. The van der Waals surface area contributed by atoms with Crippen LogP contribution in [-0.4, -0.2) is 22.1 Å². The summed E-state index contributed by atoms with van der Waals surface area (Å²) in [6, 6.07) is 3.87. The minimum atomic E-state index is -0.771. The fourth-order valence-electron chi connectivity index (χ4n) is 1.82. The van der Waals surface area contributed by atoms with E-state index >= 15 is 0 Å². The van der Waals surface area contributed by atoms with Gasteiger partial charge in [-0.3, -0.25) is 9.79 Å². The standard InChI is InChI=1S/C11H12N2O2/c1-7-8(4-5-10(14)15)9-3-2-6-12-11(9)13-7/h2-3,6-7H,4-5H2,1H3,(H,14,15)/t7-/m1/s1. The molecule has 0 saturated carbocycles. The summed E-state index contributed by atoms with van der Waals surface area (Å²) in [5.74, 6) is -0.771. The lowest BCUT2D eigenvalue weighted by Gasteiger charge is -2.04. The topological polar surface area (TPSA) is 62.5 Å². The molecule has 0 spiro atoms. The van der Waals surface area contributed by atoms with Crippen LogP contribution in [0.5, 0.6) is 0 Å². The molecule has 1 atom stereocenters. The largest absolute Gasteiger partial charge is 0.481 e. The minimum Gasteiger partial charge on any atom is -0.481 e. The number of carboxylic acid groups (broad SMARTS) is 1. The molecule has 1 aromatic heterocycles. The molecule has 1 aromatic rings. The van der Waals surface area contributed by atoms with Crippen molar-refractivity contribution in [1.29, 1.82) is 0 Å². The first-order valence-electron chi connectivity index (χ1n) is 4.92. The summed E-state index contributed by atoms with van der Waals surface area (Å²) < 4.78 is 0. The lowest BCUT2D eigenvalue weighted by molar-refractivity contribution is -0.136. The van der Waals surface area contributed by atoms with Crippen LogP contribution in [0.25, 0.3) is 5.57 Å². The smallest absolute Gasteiger partial charge is 0.303 e. The molecule has 1 N–H and O–H groups in total. The summed E-state index contributed by atoms with van der Waals surface area (Å²) in [4.78, 5) is 19.0. The Kier molecular flexibility index (Phi) is 2.49. The third kappa shape index (κ3) is 1.88. The molecule has 1 aliphatic heterocycles. The molecule has 0 fully saturated rings. The summed E-state index contributed by atoms with van der Waals surface area (Å²) in [5, 5.41) is 9.65. The SMILES string of the molecule is C[C@H]1N=c2ncccc2=C1CCC(=O)O. The third-order valence-corrected chi connectivity index (χ3v) is 2.56. The second kappa shape index (κ2) is 3.81. The Bertz CT molecular complexity index is 508. The van der Waals surface area contributed by atoms with Crippen molar-refractivity contribution in [1.82, 2.24) is 4.98 Å². The number of rotatable bonds is 3. The van der Waals surface area contributed by atoms with Crippen molar-refractivity contribution in [2.45, 2.75) is 25.8 Å². The van der Waals surface area contributed by atoms with Crippen LogP contribution < -0.4 is 10.7 Å². The van der Waals surface area contributed by atoms with Crippen molar-refractivity contribution in [2.75, 3.05) is 0 Å². The first-order valence-corrected chi connectivity index (χ1v) is 4.92. The van der Waals surface area contributed by atoms with Gasteiger partial charge >= 0.3 is 5.97 Å². The van der Waals surface area contributed by atoms with Gasteiger partial charge in [-0.05, 0) is 31.1 Å². The number of carbonyl (C=O) groups is 1. The predicted octanol–water partition coefficient (Wildman–Crippen LogP) is 0.119. The molecule has 0 bridgehead atoms. The highest BCUT2D eigenvalue weighted by atomic mass is 16.4. The highest BCUT2D eigenvalue weighted by molar-refractivity contribution is 5.69. The van der Waals surface area contributed by atoms with E-state index in [1.807, 2.05) is 19.1 Å². The lowest BCUT2D eigenvalue weighted by Crippen LogP contribution is -2.25. The molecular weight excluding hydrogens is 192 g/mol. The first kappa shape index (κ1) is 9.83. The van der Waals surface area contributed by atoms with Crippen LogP contribution in [-0.2, 0) is 4.79 Å². The van der Waals surface area contributed by atoms with Crippen LogP contribution in [0.15, 0.2) is 23.3 Å². The fourth-order valence-corrected chi connectivity index (χ4v) is 1.82. The number of pyridine rings is 1. The van der Waals surface area contributed by atoms with Crippen molar-refractivity contribution in [2.24, 2.45) is 4.99 Å². The van der Waals surface area contributed by atoms with Crippen molar-refractivity contribution >= 4 is 11.5 Å². The molecule has 4 nitrogen and oxygen atoms in total. The summed E-state index contributed by atoms with van der Waals surface area (Å²) in [7, 11) is 0. The normalized spacial score (nSPS) is 18.5. The summed E-state index contributed by atoms with van der Waals surface area (Å²) >= 11 is 0. The molecule has 0 aliphatic carbocycles. The molecule has 2 rings (SSSR count). The average Bonchev–Trinajstić information content (AvgIpc) is 2.50. The number of aliphatic carboxylic acids is 1. The van der Waals surface area contributed by atoms with E-state index in [1.165, 1.54) is 0 Å². The van der Waals surface area contributed by atoms with Crippen LogP contribution in [0.1, 0.15) is 19.8 Å². The first-order chi connectivity index (χ1) is 7.18. The Hall–Kier alpha value is -1.71. The zero-order valence-electron chi connectivity index (χ0n) is 8.47. The fraction of sp³-hybridized carbons (Fsp3) is 0.364. The van der Waals surface area contributed by atoms with Crippen molar-refractivity contribution in [3.63, 3.8) is 0 Å². The molecule has 0 amide bonds. The number of nitrogens with zero attached hydrogens (tertiary/aromatic N) is 2. The van der Waals surface area contributed by atoms with E-state index in [1.54, 1.807) is 6.20 Å². The van der Waals surface area contributed by atoms with E-state index in [0.717, 1.165) is 16.3 Å². The number of aromatic nitrogens is 1. The average molecular weight is 204 g/mol. The molecule has 0 radical (unpaired) electrons. The van der Waals surface area contributed by atoms with Crippen molar-refractivity contribution in [3.8, 4) is 0 Å². The molecule has 0 saturated heterocycles. The Morgan fingerprint density at radius 2 is 2.40 bits per heavy atom. The molecule has 15 heavy (non-hydrogen) atoms. The van der Waals surface area contributed by atoms with Gasteiger partial charge in [0.25, 0.3) is 0 Å². The van der Waals surface area contributed by atoms with E-state index in [0.29, 0.717) is 6.42 Å². The zero-order valence-corrected chi connectivity index (χ0v) is 8.47. The number of carboxylic acids is 1. The van der Waals surface area contributed by atoms with Gasteiger partial charge in [-0.25, -0.2) is 4.98 Å². The van der Waals surface area contributed by atoms with Gasteiger partial charge in [0.1, 0.15) is 0 Å². The number of fused-ring (bicyclic) bond motifs is 1. The maximum atomic E-state index is 10.5. The van der Waals surface area contributed by atoms with Gasteiger partial charge in [0, 0.05) is 17.8 Å². The maximum absolute atomic E-state index is 10.5. The Labute approximate surface area is 87.0 Å². The summed E-state index contributed by atoms with van der Waals surface area (Å²) in [5.41, 5.74) is 1.82. The van der Waals surface area contributed by atoms with Crippen LogP contribution in [0, 0.1) is 0 Å². The Balaban J connectivity index is 2.39. The van der Waals surface area contributed by atoms with Crippen molar-refractivity contribution in [3.05, 3.63) is 29.0 Å².